The molecule has 0 saturated carbocycles. The van der Waals surface area contributed by atoms with Crippen LogP contribution in [0.5, 0.6) is 5.75 Å². The minimum absolute atomic E-state index is 0.124. The molecule has 1 aromatic carbocycles. The first-order valence-electron chi connectivity index (χ1n) is 6.48. The lowest BCUT2D eigenvalue weighted by Gasteiger charge is -2.25. The van der Waals surface area contributed by atoms with E-state index in [2.05, 4.69) is 0 Å². The van der Waals surface area contributed by atoms with Crippen LogP contribution in [0.4, 0.5) is 13.2 Å². The molecule has 1 atom stereocenters. The first-order valence-corrected chi connectivity index (χ1v) is 6.48. The van der Waals surface area contributed by atoms with Crippen molar-refractivity contribution in [3.63, 3.8) is 0 Å². The molecule has 1 unspecified atom stereocenters. The number of halogens is 3. The maximum Gasteiger partial charge on any atom is 0.404 e. The van der Waals surface area contributed by atoms with E-state index in [-0.39, 0.29) is 5.75 Å². The number of ether oxygens (including phenoxy) is 1. The van der Waals surface area contributed by atoms with E-state index in [1.165, 1.54) is 12.1 Å². The van der Waals surface area contributed by atoms with Gasteiger partial charge in [-0.1, -0.05) is 26.0 Å². The molecule has 0 aliphatic rings. The van der Waals surface area contributed by atoms with Gasteiger partial charge < -0.3 is 4.74 Å². The fraction of sp³-hybridized carbons (Fsp3) is 0.533. The Bertz CT molecular complexity index is 461. The summed E-state index contributed by atoms with van der Waals surface area (Å²) in [7, 11) is 0. The van der Waals surface area contributed by atoms with E-state index in [1.807, 2.05) is 13.8 Å². The highest BCUT2D eigenvalue weighted by atomic mass is 19.4. The SMILES string of the molecule is CCC(C)c1ccc(OC(=O)C(C)(C)C(F)(F)F)cc1. The lowest BCUT2D eigenvalue weighted by atomic mass is 9.93. The van der Waals surface area contributed by atoms with Crippen molar-refractivity contribution in [3.8, 4) is 5.75 Å². The third-order valence-corrected chi connectivity index (χ3v) is 3.49. The molecule has 0 bridgehead atoms. The summed E-state index contributed by atoms with van der Waals surface area (Å²) in [6.07, 6.45) is -3.68. The summed E-state index contributed by atoms with van der Waals surface area (Å²) >= 11 is 0. The van der Waals surface area contributed by atoms with Crippen LogP contribution < -0.4 is 4.74 Å². The van der Waals surface area contributed by atoms with Gasteiger partial charge in [0.2, 0.25) is 0 Å². The second kappa shape index (κ2) is 5.85. The van der Waals surface area contributed by atoms with E-state index in [0.717, 1.165) is 25.8 Å². The van der Waals surface area contributed by atoms with E-state index < -0.39 is 17.6 Å². The number of alkyl halides is 3. The third-order valence-electron chi connectivity index (χ3n) is 3.49. The largest absolute Gasteiger partial charge is 0.426 e. The number of hydrogen-bond acceptors (Lipinski definition) is 2. The summed E-state index contributed by atoms with van der Waals surface area (Å²) < 4.78 is 42.9. The molecular formula is C15H19F3O2. The Labute approximate surface area is 116 Å². The molecule has 5 heteroatoms. The maximum atomic E-state index is 12.7. The second-order valence-corrected chi connectivity index (χ2v) is 5.39. The quantitative estimate of drug-likeness (QED) is 0.593. The highest BCUT2D eigenvalue weighted by Gasteiger charge is 2.54. The van der Waals surface area contributed by atoms with Gasteiger partial charge in [0.15, 0.2) is 5.41 Å². The van der Waals surface area contributed by atoms with Crippen LogP contribution in [-0.4, -0.2) is 12.1 Å². The Morgan fingerprint density at radius 2 is 1.70 bits per heavy atom. The van der Waals surface area contributed by atoms with Crippen LogP contribution in [0.1, 0.15) is 45.6 Å². The van der Waals surface area contributed by atoms with Crippen LogP contribution in [0.25, 0.3) is 0 Å². The van der Waals surface area contributed by atoms with Crippen LogP contribution in [0.15, 0.2) is 24.3 Å². The van der Waals surface area contributed by atoms with Gasteiger partial charge >= 0.3 is 12.1 Å². The molecular weight excluding hydrogens is 269 g/mol. The van der Waals surface area contributed by atoms with Crippen LogP contribution in [0, 0.1) is 5.41 Å². The van der Waals surface area contributed by atoms with Gasteiger partial charge in [0.05, 0.1) is 0 Å². The lowest BCUT2D eigenvalue weighted by Crippen LogP contribution is -2.42. The Kier molecular flexibility index (Phi) is 4.84. The summed E-state index contributed by atoms with van der Waals surface area (Å²) in [5.74, 6) is -0.827. The predicted molar refractivity (Wildman–Crippen MR) is 70.6 cm³/mol. The topological polar surface area (TPSA) is 26.3 Å². The smallest absolute Gasteiger partial charge is 0.404 e. The molecule has 0 aliphatic heterocycles. The predicted octanol–water partition coefficient (Wildman–Crippen LogP) is 4.69. The van der Waals surface area contributed by atoms with E-state index in [9.17, 15) is 18.0 Å². The highest BCUT2D eigenvalue weighted by Crippen LogP contribution is 2.38. The van der Waals surface area contributed by atoms with Crippen molar-refractivity contribution >= 4 is 5.97 Å². The molecule has 0 fully saturated rings. The summed E-state index contributed by atoms with van der Waals surface area (Å²) in [6, 6.07) is 6.56. The molecule has 1 aromatic rings. The standard InChI is InChI=1S/C15H19F3O2/c1-5-10(2)11-6-8-12(9-7-11)20-13(19)14(3,4)15(16,17)18/h6-10H,5H2,1-4H3. The zero-order chi connectivity index (χ0) is 15.6. The van der Waals surface area contributed by atoms with Gasteiger partial charge in [0, 0.05) is 0 Å². The van der Waals surface area contributed by atoms with Crippen LogP contribution in [-0.2, 0) is 4.79 Å². The summed E-state index contributed by atoms with van der Waals surface area (Å²) in [4.78, 5) is 11.6. The molecule has 112 valence electrons. The first-order chi connectivity index (χ1) is 9.09. The van der Waals surface area contributed by atoms with Crippen LogP contribution in [0.2, 0.25) is 0 Å². The van der Waals surface area contributed by atoms with Crippen LogP contribution >= 0.6 is 0 Å². The van der Waals surface area contributed by atoms with Gasteiger partial charge in [-0.3, -0.25) is 4.79 Å². The van der Waals surface area contributed by atoms with Crippen LogP contribution in [0.3, 0.4) is 0 Å². The number of carbonyl (C=O) groups excluding carboxylic acids is 1. The van der Waals surface area contributed by atoms with E-state index >= 15 is 0 Å². The fourth-order valence-electron chi connectivity index (χ4n) is 1.45. The average Bonchev–Trinajstić information content (AvgIpc) is 2.37. The Morgan fingerprint density at radius 3 is 2.10 bits per heavy atom. The van der Waals surface area contributed by atoms with Crippen molar-refractivity contribution in [1.29, 1.82) is 0 Å². The number of esters is 1. The molecule has 0 aliphatic carbocycles. The van der Waals surface area contributed by atoms with Gasteiger partial charge in [0.1, 0.15) is 5.75 Å². The minimum atomic E-state index is -4.64. The number of benzene rings is 1. The van der Waals surface area contributed by atoms with Gasteiger partial charge in [-0.05, 0) is 43.9 Å². The molecule has 2 nitrogen and oxygen atoms in total. The summed E-state index contributed by atoms with van der Waals surface area (Å²) in [5, 5.41) is 0. The van der Waals surface area contributed by atoms with Gasteiger partial charge in [-0.15, -0.1) is 0 Å². The van der Waals surface area contributed by atoms with Crippen molar-refractivity contribution in [1.82, 2.24) is 0 Å². The summed E-state index contributed by atoms with van der Waals surface area (Å²) in [5.41, 5.74) is -1.47. The maximum absolute atomic E-state index is 12.7. The molecule has 20 heavy (non-hydrogen) atoms. The zero-order valence-electron chi connectivity index (χ0n) is 12.0. The monoisotopic (exact) mass is 288 g/mol. The number of rotatable bonds is 4. The van der Waals surface area contributed by atoms with E-state index in [1.54, 1.807) is 12.1 Å². The molecule has 0 amide bonds. The average molecular weight is 288 g/mol. The Morgan fingerprint density at radius 1 is 1.20 bits per heavy atom. The van der Waals surface area contributed by atoms with Gasteiger partial charge in [0.25, 0.3) is 0 Å². The molecule has 0 radical (unpaired) electrons. The second-order valence-electron chi connectivity index (χ2n) is 5.39. The molecule has 0 saturated heterocycles. The molecule has 1 rings (SSSR count). The fourth-order valence-corrected chi connectivity index (χ4v) is 1.45. The lowest BCUT2D eigenvalue weighted by molar-refractivity contribution is -0.219. The number of hydrogen-bond donors (Lipinski definition) is 0. The highest BCUT2D eigenvalue weighted by molar-refractivity contribution is 5.79. The Balaban J connectivity index is 2.82. The van der Waals surface area contributed by atoms with E-state index in [4.69, 9.17) is 4.74 Å². The Hall–Kier alpha value is -1.52. The van der Waals surface area contributed by atoms with E-state index in [0.29, 0.717) is 5.92 Å². The van der Waals surface area contributed by atoms with Crippen molar-refractivity contribution < 1.29 is 22.7 Å². The third kappa shape index (κ3) is 3.52. The van der Waals surface area contributed by atoms with Crippen molar-refractivity contribution in [2.45, 2.75) is 46.2 Å². The molecule has 0 spiro atoms. The number of carbonyl (C=O) groups is 1. The van der Waals surface area contributed by atoms with Gasteiger partial charge in [-0.2, -0.15) is 13.2 Å². The van der Waals surface area contributed by atoms with Crippen molar-refractivity contribution in [3.05, 3.63) is 29.8 Å². The minimum Gasteiger partial charge on any atom is -0.426 e. The first kappa shape index (κ1) is 16.5. The molecule has 0 N–H and O–H groups in total. The van der Waals surface area contributed by atoms with Crippen molar-refractivity contribution in [2.24, 2.45) is 5.41 Å². The van der Waals surface area contributed by atoms with Gasteiger partial charge in [-0.25, -0.2) is 0 Å². The normalized spacial score (nSPS) is 13.9. The molecule has 0 aromatic heterocycles. The van der Waals surface area contributed by atoms with Crippen molar-refractivity contribution in [2.75, 3.05) is 0 Å². The molecule has 0 heterocycles. The zero-order valence-corrected chi connectivity index (χ0v) is 12.0. The summed E-state index contributed by atoms with van der Waals surface area (Å²) in [6.45, 7) is 5.71.